The fraction of sp³-hybridized carbons (Fsp3) is 0.0455. The number of hydrogen-bond acceptors (Lipinski definition) is 4. The van der Waals surface area contributed by atoms with Crippen molar-refractivity contribution in [3.63, 3.8) is 0 Å². The van der Waals surface area contributed by atoms with E-state index in [0.29, 0.717) is 31.9 Å². The van der Waals surface area contributed by atoms with E-state index in [0.717, 1.165) is 15.3 Å². The number of thiophene rings is 1. The molecule has 148 valence electrons. The summed E-state index contributed by atoms with van der Waals surface area (Å²) in [6.45, 7) is 1.75. The van der Waals surface area contributed by atoms with Crippen LogP contribution in [-0.2, 0) is 0 Å². The van der Waals surface area contributed by atoms with Crippen molar-refractivity contribution in [3.8, 4) is 16.1 Å². The molecule has 5 nitrogen and oxygen atoms in total. The van der Waals surface area contributed by atoms with Gasteiger partial charge >= 0.3 is 5.69 Å². The molecular weight excluding hydrogens is 425 g/mol. The van der Waals surface area contributed by atoms with Crippen molar-refractivity contribution in [2.24, 2.45) is 0 Å². The van der Waals surface area contributed by atoms with Gasteiger partial charge in [0.25, 0.3) is 5.56 Å². The molecule has 0 aliphatic carbocycles. The molecule has 30 heavy (non-hydrogen) atoms. The molecule has 8 heteroatoms. The Morgan fingerprint density at radius 2 is 1.93 bits per heavy atom. The van der Waals surface area contributed by atoms with E-state index in [1.807, 2.05) is 24.3 Å². The van der Waals surface area contributed by atoms with Crippen molar-refractivity contribution in [2.45, 2.75) is 6.92 Å². The number of aryl methyl sites for hydroxylation is 1. The number of rotatable bonds is 2. The van der Waals surface area contributed by atoms with Gasteiger partial charge in [-0.05, 0) is 30.7 Å². The minimum atomic E-state index is -0.558. The molecule has 0 radical (unpaired) electrons. The molecule has 3 aromatic heterocycles. The maximum Gasteiger partial charge on any atom is 0.333 e. The first kappa shape index (κ1) is 18.7. The summed E-state index contributed by atoms with van der Waals surface area (Å²) in [5, 5.41) is 1.82. The van der Waals surface area contributed by atoms with Crippen LogP contribution in [-0.4, -0.2) is 14.5 Å². The Morgan fingerprint density at radius 1 is 1.13 bits per heavy atom. The summed E-state index contributed by atoms with van der Waals surface area (Å²) in [6.07, 6.45) is 3.18. The van der Waals surface area contributed by atoms with Crippen LogP contribution in [0.1, 0.15) is 5.56 Å². The summed E-state index contributed by atoms with van der Waals surface area (Å²) in [4.78, 5) is 33.8. The smallest absolute Gasteiger partial charge is 0.306 e. The van der Waals surface area contributed by atoms with Gasteiger partial charge in [0.2, 0.25) is 0 Å². The van der Waals surface area contributed by atoms with Crippen molar-refractivity contribution in [1.29, 1.82) is 0 Å². The van der Waals surface area contributed by atoms with E-state index in [1.54, 1.807) is 19.2 Å². The fourth-order valence-electron chi connectivity index (χ4n) is 3.64. The number of aromatic amines is 1. The van der Waals surface area contributed by atoms with Gasteiger partial charge in [-0.25, -0.2) is 13.8 Å². The summed E-state index contributed by atoms with van der Waals surface area (Å²) in [7, 11) is 0. The number of nitrogens with one attached hydrogen (secondary N) is 1. The molecule has 0 saturated heterocycles. The number of H-pyrrole nitrogens is 1. The third-order valence-corrected chi connectivity index (χ3v) is 6.40. The van der Waals surface area contributed by atoms with Crippen LogP contribution in [0, 0.1) is 12.7 Å². The third kappa shape index (κ3) is 2.86. The summed E-state index contributed by atoms with van der Waals surface area (Å²) in [6, 6.07) is 11.7. The van der Waals surface area contributed by atoms with Crippen LogP contribution < -0.4 is 11.2 Å². The van der Waals surface area contributed by atoms with Gasteiger partial charge in [-0.3, -0.25) is 9.78 Å². The maximum absolute atomic E-state index is 13.6. The van der Waals surface area contributed by atoms with Gasteiger partial charge in [-0.1, -0.05) is 35.9 Å². The van der Waals surface area contributed by atoms with Crippen LogP contribution in [0.3, 0.4) is 0 Å². The highest BCUT2D eigenvalue weighted by Crippen LogP contribution is 2.38. The molecular formula is C22H13ClFN3O2S. The molecule has 0 unspecified atom stereocenters. The molecule has 0 bridgehead atoms. The van der Waals surface area contributed by atoms with Gasteiger partial charge in [0.15, 0.2) is 0 Å². The molecule has 0 spiro atoms. The van der Waals surface area contributed by atoms with Crippen LogP contribution in [0.15, 0.2) is 64.4 Å². The molecule has 3 heterocycles. The lowest BCUT2D eigenvalue weighted by atomic mass is 10.1. The van der Waals surface area contributed by atoms with E-state index in [1.165, 1.54) is 29.7 Å². The third-order valence-electron chi connectivity index (χ3n) is 4.96. The minimum absolute atomic E-state index is 0.250. The highest BCUT2D eigenvalue weighted by Gasteiger charge is 2.18. The summed E-state index contributed by atoms with van der Waals surface area (Å²) in [5.41, 5.74) is 1.10. The monoisotopic (exact) mass is 437 g/mol. The quantitative estimate of drug-likeness (QED) is 0.420. The SMILES string of the molecule is Cc1cc(F)cc(Cl)c1-c1cc2[nH]c(=O)n(-c3cncc4ccccc34)c(=O)c2s1. The molecule has 1 N–H and O–H groups in total. The zero-order valence-corrected chi connectivity index (χ0v) is 17.1. The lowest BCUT2D eigenvalue weighted by Crippen LogP contribution is -2.33. The predicted octanol–water partition coefficient (Wildman–Crippen LogP) is 5.06. The average molecular weight is 438 g/mol. The second kappa shape index (κ2) is 6.90. The van der Waals surface area contributed by atoms with E-state index in [9.17, 15) is 14.0 Å². The first-order valence-electron chi connectivity index (χ1n) is 9.02. The number of benzene rings is 2. The van der Waals surface area contributed by atoms with Gasteiger partial charge in [-0.2, -0.15) is 0 Å². The first-order valence-corrected chi connectivity index (χ1v) is 10.2. The number of aromatic nitrogens is 3. The number of halogens is 2. The topological polar surface area (TPSA) is 67.8 Å². The van der Waals surface area contributed by atoms with Crippen LogP contribution >= 0.6 is 22.9 Å². The molecule has 2 aromatic carbocycles. The Labute approximate surface area is 178 Å². The minimum Gasteiger partial charge on any atom is -0.306 e. The predicted molar refractivity (Wildman–Crippen MR) is 118 cm³/mol. The molecule has 5 aromatic rings. The van der Waals surface area contributed by atoms with E-state index < -0.39 is 17.1 Å². The summed E-state index contributed by atoms with van der Waals surface area (Å²) >= 11 is 7.47. The van der Waals surface area contributed by atoms with Crippen molar-refractivity contribution >= 4 is 43.9 Å². The molecule has 0 aliphatic rings. The molecule has 0 fully saturated rings. The Kier molecular flexibility index (Phi) is 4.30. The van der Waals surface area contributed by atoms with Gasteiger partial charge in [-0.15, -0.1) is 11.3 Å². The standard InChI is InChI=1S/C22H13ClFN3O2S/c1-11-6-13(24)7-15(23)19(11)18-8-16-20(30-18)21(28)27(22(29)26-16)17-10-25-9-12-4-2-3-5-14(12)17/h2-10H,1H3,(H,26,29). The fourth-order valence-corrected chi connectivity index (χ4v) is 5.22. The highest BCUT2D eigenvalue weighted by atomic mass is 35.5. The van der Waals surface area contributed by atoms with Gasteiger partial charge < -0.3 is 4.98 Å². The van der Waals surface area contributed by atoms with E-state index in [-0.39, 0.29) is 5.02 Å². The van der Waals surface area contributed by atoms with Crippen molar-refractivity contribution in [3.05, 3.63) is 92.1 Å². The Bertz CT molecular complexity index is 1560. The normalized spacial score (nSPS) is 11.4. The zero-order valence-electron chi connectivity index (χ0n) is 15.6. The Hall–Kier alpha value is -3.29. The van der Waals surface area contributed by atoms with E-state index in [4.69, 9.17) is 11.6 Å². The van der Waals surface area contributed by atoms with Crippen molar-refractivity contribution in [2.75, 3.05) is 0 Å². The van der Waals surface area contributed by atoms with Crippen LogP contribution in [0.4, 0.5) is 4.39 Å². The number of hydrogen-bond donors (Lipinski definition) is 1. The first-order chi connectivity index (χ1) is 14.4. The van der Waals surface area contributed by atoms with Crippen LogP contribution in [0.2, 0.25) is 5.02 Å². The number of pyridine rings is 1. The zero-order chi connectivity index (χ0) is 21.0. The number of nitrogens with zero attached hydrogens (tertiary/aromatic N) is 2. The summed E-state index contributed by atoms with van der Waals surface area (Å²) in [5.74, 6) is -0.429. The van der Waals surface area contributed by atoms with Crippen LogP contribution in [0.25, 0.3) is 37.1 Å². The molecule has 5 rings (SSSR count). The molecule has 0 aliphatic heterocycles. The second-order valence-electron chi connectivity index (χ2n) is 6.88. The lowest BCUT2D eigenvalue weighted by Gasteiger charge is -2.07. The van der Waals surface area contributed by atoms with Gasteiger partial charge in [0, 0.05) is 27.4 Å². The Morgan fingerprint density at radius 3 is 2.73 bits per heavy atom. The average Bonchev–Trinajstić information content (AvgIpc) is 3.11. The molecule has 0 atom stereocenters. The van der Waals surface area contributed by atoms with Gasteiger partial charge in [0.05, 0.1) is 22.4 Å². The molecule has 0 amide bonds. The largest absolute Gasteiger partial charge is 0.333 e. The van der Waals surface area contributed by atoms with E-state index >= 15 is 0 Å². The van der Waals surface area contributed by atoms with Gasteiger partial charge in [0.1, 0.15) is 10.5 Å². The number of fused-ring (bicyclic) bond motifs is 2. The highest BCUT2D eigenvalue weighted by molar-refractivity contribution is 7.22. The van der Waals surface area contributed by atoms with Crippen molar-refractivity contribution in [1.82, 2.24) is 14.5 Å². The Balaban J connectivity index is 1.80. The lowest BCUT2D eigenvalue weighted by molar-refractivity contribution is 0.627. The second-order valence-corrected chi connectivity index (χ2v) is 8.34. The molecule has 0 saturated carbocycles. The van der Waals surface area contributed by atoms with Crippen LogP contribution in [0.5, 0.6) is 0 Å². The van der Waals surface area contributed by atoms with E-state index in [2.05, 4.69) is 9.97 Å². The summed E-state index contributed by atoms with van der Waals surface area (Å²) < 4.78 is 15.1. The van der Waals surface area contributed by atoms with Crippen molar-refractivity contribution < 1.29 is 4.39 Å². The maximum atomic E-state index is 13.6.